The van der Waals surface area contributed by atoms with Crippen LogP contribution in [0.3, 0.4) is 0 Å². The van der Waals surface area contributed by atoms with Crippen molar-refractivity contribution in [1.29, 1.82) is 5.26 Å². The van der Waals surface area contributed by atoms with Crippen LogP contribution in [0.2, 0.25) is 0 Å². The largest absolute Gasteiger partial charge is 0.378 e. The lowest BCUT2D eigenvalue weighted by molar-refractivity contribution is 0.618. The van der Waals surface area contributed by atoms with Crippen molar-refractivity contribution < 1.29 is 4.39 Å². The molecule has 96 valence electrons. The fourth-order valence-corrected chi connectivity index (χ4v) is 1.93. The Hall–Kier alpha value is -2.34. The lowest BCUT2D eigenvalue weighted by Gasteiger charge is -2.17. The summed E-state index contributed by atoms with van der Waals surface area (Å²) in [6, 6.07) is 14.5. The van der Waals surface area contributed by atoms with Gasteiger partial charge in [0.25, 0.3) is 0 Å². The SMILES string of the molecule is Cc1c(F)cccc1NC(C)c1ccc(C#N)cc1. The van der Waals surface area contributed by atoms with E-state index in [1.807, 2.05) is 25.1 Å². The van der Waals surface area contributed by atoms with Crippen molar-refractivity contribution in [3.63, 3.8) is 0 Å². The normalized spacial score (nSPS) is 11.7. The molecule has 1 atom stereocenters. The molecule has 19 heavy (non-hydrogen) atoms. The zero-order valence-electron chi connectivity index (χ0n) is 10.9. The number of halogens is 1. The standard InChI is InChI=1S/C16H15FN2/c1-11-15(17)4-3-5-16(11)19-12(2)14-8-6-13(10-18)7-9-14/h3-9,12,19H,1-2H3. The second-order valence-electron chi connectivity index (χ2n) is 4.51. The first-order valence-electron chi connectivity index (χ1n) is 6.13. The minimum atomic E-state index is -0.211. The van der Waals surface area contributed by atoms with E-state index >= 15 is 0 Å². The molecule has 0 aliphatic rings. The number of nitriles is 1. The molecule has 1 N–H and O–H groups in total. The maximum absolute atomic E-state index is 13.5. The lowest BCUT2D eigenvalue weighted by atomic mass is 10.1. The molecule has 0 amide bonds. The second kappa shape index (κ2) is 5.53. The maximum Gasteiger partial charge on any atom is 0.128 e. The molecule has 0 aliphatic heterocycles. The van der Waals surface area contributed by atoms with Crippen molar-refractivity contribution in [3.8, 4) is 6.07 Å². The van der Waals surface area contributed by atoms with Crippen LogP contribution < -0.4 is 5.32 Å². The van der Waals surface area contributed by atoms with Crippen LogP contribution in [0.1, 0.15) is 29.7 Å². The van der Waals surface area contributed by atoms with Gasteiger partial charge >= 0.3 is 0 Å². The van der Waals surface area contributed by atoms with Crippen LogP contribution in [0.15, 0.2) is 42.5 Å². The fraction of sp³-hybridized carbons (Fsp3) is 0.188. The van der Waals surface area contributed by atoms with Gasteiger partial charge in [-0.2, -0.15) is 5.26 Å². The van der Waals surface area contributed by atoms with Gasteiger partial charge in [-0.05, 0) is 43.7 Å². The molecule has 0 spiro atoms. The molecule has 0 aromatic heterocycles. The Morgan fingerprint density at radius 2 is 1.84 bits per heavy atom. The smallest absolute Gasteiger partial charge is 0.128 e. The zero-order chi connectivity index (χ0) is 13.8. The van der Waals surface area contributed by atoms with Crippen LogP contribution in [0.4, 0.5) is 10.1 Å². The highest BCUT2D eigenvalue weighted by Gasteiger charge is 2.08. The monoisotopic (exact) mass is 254 g/mol. The van der Waals surface area contributed by atoms with Gasteiger partial charge < -0.3 is 5.32 Å². The molecule has 0 radical (unpaired) electrons. The summed E-state index contributed by atoms with van der Waals surface area (Å²) in [4.78, 5) is 0. The van der Waals surface area contributed by atoms with E-state index in [4.69, 9.17) is 5.26 Å². The van der Waals surface area contributed by atoms with E-state index < -0.39 is 0 Å². The van der Waals surface area contributed by atoms with E-state index in [-0.39, 0.29) is 11.9 Å². The average molecular weight is 254 g/mol. The molecule has 0 bridgehead atoms. The molecule has 2 rings (SSSR count). The Labute approximate surface area is 112 Å². The van der Waals surface area contributed by atoms with Crippen molar-refractivity contribution >= 4 is 5.69 Å². The third kappa shape index (κ3) is 2.92. The Bertz CT molecular complexity index is 612. The highest BCUT2D eigenvalue weighted by atomic mass is 19.1. The third-order valence-electron chi connectivity index (χ3n) is 3.18. The van der Waals surface area contributed by atoms with Gasteiger partial charge in [-0.15, -0.1) is 0 Å². The molecule has 0 fully saturated rings. The second-order valence-corrected chi connectivity index (χ2v) is 4.51. The lowest BCUT2D eigenvalue weighted by Crippen LogP contribution is -2.08. The number of hydrogen-bond donors (Lipinski definition) is 1. The highest BCUT2D eigenvalue weighted by Crippen LogP contribution is 2.23. The van der Waals surface area contributed by atoms with Crippen LogP contribution in [0, 0.1) is 24.1 Å². The van der Waals surface area contributed by atoms with Gasteiger partial charge in [0.15, 0.2) is 0 Å². The van der Waals surface area contributed by atoms with E-state index in [9.17, 15) is 4.39 Å². The van der Waals surface area contributed by atoms with Gasteiger partial charge in [-0.25, -0.2) is 4.39 Å². The predicted molar refractivity (Wildman–Crippen MR) is 74.3 cm³/mol. The van der Waals surface area contributed by atoms with Crippen molar-refractivity contribution in [2.45, 2.75) is 19.9 Å². The van der Waals surface area contributed by atoms with Crippen LogP contribution >= 0.6 is 0 Å². The summed E-state index contributed by atoms with van der Waals surface area (Å²) in [5.74, 6) is -0.211. The average Bonchev–Trinajstić information content (AvgIpc) is 2.44. The molecule has 2 aromatic carbocycles. The van der Waals surface area contributed by atoms with E-state index in [1.165, 1.54) is 6.07 Å². The first kappa shape index (κ1) is 13.1. The van der Waals surface area contributed by atoms with Gasteiger partial charge in [0, 0.05) is 17.3 Å². The molecule has 3 heteroatoms. The van der Waals surface area contributed by atoms with Crippen LogP contribution in [-0.4, -0.2) is 0 Å². The minimum Gasteiger partial charge on any atom is -0.378 e. The number of hydrogen-bond acceptors (Lipinski definition) is 2. The summed E-state index contributed by atoms with van der Waals surface area (Å²) in [6.07, 6.45) is 0. The number of benzene rings is 2. The Kier molecular flexibility index (Phi) is 3.82. The molecular formula is C16H15FN2. The third-order valence-corrected chi connectivity index (χ3v) is 3.18. The molecule has 2 aromatic rings. The minimum absolute atomic E-state index is 0.0493. The number of nitrogens with zero attached hydrogens (tertiary/aromatic N) is 1. The molecule has 0 heterocycles. The molecule has 2 nitrogen and oxygen atoms in total. The summed E-state index contributed by atoms with van der Waals surface area (Å²) in [5.41, 5.74) is 3.10. The topological polar surface area (TPSA) is 35.8 Å². The number of anilines is 1. The Morgan fingerprint density at radius 3 is 2.47 bits per heavy atom. The van der Waals surface area contributed by atoms with E-state index in [0.29, 0.717) is 11.1 Å². The summed E-state index contributed by atoms with van der Waals surface area (Å²) in [5, 5.41) is 12.0. The fourth-order valence-electron chi connectivity index (χ4n) is 1.93. The zero-order valence-corrected chi connectivity index (χ0v) is 10.9. The number of nitrogens with one attached hydrogen (secondary N) is 1. The molecule has 0 saturated heterocycles. The van der Waals surface area contributed by atoms with Crippen molar-refractivity contribution in [2.75, 3.05) is 5.32 Å². The highest BCUT2D eigenvalue weighted by molar-refractivity contribution is 5.52. The van der Waals surface area contributed by atoms with E-state index in [1.54, 1.807) is 25.1 Å². The summed E-state index contributed by atoms with van der Waals surface area (Å²) in [7, 11) is 0. The summed E-state index contributed by atoms with van der Waals surface area (Å²) >= 11 is 0. The van der Waals surface area contributed by atoms with Crippen molar-refractivity contribution in [1.82, 2.24) is 0 Å². The van der Waals surface area contributed by atoms with Gasteiger partial charge in [0.05, 0.1) is 11.6 Å². The van der Waals surface area contributed by atoms with E-state index in [2.05, 4.69) is 11.4 Å². The molecule has 0 aliphatic carbocycles. The first-order valence-corrected chi connectivity index (χ1v) is 6.13. The van der Waals surface area contributed by atoms with Crippen molar-refractivity contribution in [2.24, 2.45) is 0 Å². The van der Waals surface area contributed by atoms with Gasteiger partial charge in [0.1, 0.15) is 5.82 Å². The van der Waals surface area contributed by atoms with Crippen LogP contribution in [0.5, 0.6) is 0 Å². The Balaban J connectivity index is 2.18. The summed E-state index contributed by atoms with van der Waals surface area (Å²) in [6.45, 7) is 3.76. The van der Waals surface area contributed by atoms with E-state index in [0.717, 1.165) is 11.3 Å². The number of rotatable bonds is 3. The van der Waals surface area contributed by atoms with Gasteiger partial charge in [0.2, 0.25) is 0 Å². The summed E-state index contributed by atoms with van der Waals surface area (Å²) < 4.78 is 13.5. The molecular weight excluding hydrogens is 239 g/mol. The molecule has 0 saturated carbocycles. The van der Waals surface area contributed by atoms with Gasteiger partial charge in [-0.3, -0.25) is 0 Å². The first-order chi connectivity index (χ1) is 9.11. The predicted octanol–water partition coefficient (Wildman–Crippen LogP) is 4.18. The van der Waals surface area contributed by atoms with Crippen molar-refractivity contribution in [3.05, 3.63) is 65.0 Å². The van der Waals surface area contributed by atoms with Gasteiger partial charge in [-0.1, -0.05) is 18.2 Å². The van der Waals surface area contributed by atoms with Crippen LogP contribution in [0.25, 0.3) is 0 Å². The molecule has 1 unspecified atom stereocenters. The van der Waals surface area contributed by atoms with Crippen LogP contribution in [-0.2, 0) is 0 Å². The maximum atomic E-state index is 13.5. The quantitative estimate of drug-likeness (QED) is 0.891. The Morgan fingerprint density at radius 1 is 1.16 bits per heavy atom.